The fourth-order valence-corrected chi connectivity index (χ4v) is 2.55. The molecule has 0 bridgehead atoms. The summed E-state index contributed by atoms with van der Waals surface area (Å²) in [7, 11) is 0. The van der Waals surface area contributed by atoms with Crippen molar-refractivity contribution in [3.05, 3.63) is 0 Å². The van der Waals surface area contributed by atoms with Crippen molar-refractivity contribution in [2.24, 2.45) is 10.2 Å². The number of nitrogens with zero attached hydrogens (tertiary/aromatic N) is 3. The molecule has 0 aromatic rings. The lowest BCUT2D eigenvalue weighted by molar-refractivity contribution is 0.216. The molecule has 1 fully saturated rings. The van der Waals surface area contributed by atoms with Gasteiger partial charge in [0.25, 0.3) is 0 Å². The van der Waals surface area contributed by atoms with Crippen LogP contribution in [0.1, 0.15) is 19.3 Å². The van der Waals surface area contributed by atoms with Crippen molar-refractivity contribution in [3.63, 3.8) is 0 Å². The molecule has 3 nitrogen and oxygen atoms in total. The Kier molecular flexibility index (Phi) is 2.73. The molecule has 2 rings (SSSR count). The van der Waals surface area contributed by atoms with E-state index in [0.717, 1.165) is 13.1 Å². The lowest BCUT2D eigenvalue weighted by Gasteiger charge is -2.28. The van der Waals surface area contributed by atoms with E-state index in [4.69, 9.17) is 12.2 Å². The molecule has 0 saturated carbocycles. The van der Waals surface area contributed by atoms with Crippen LogP contribution in [0.2, 0.25) is 0 Å². The van der Waals surface area contributed by atoms with Crippen LogP contribution in [-0.2, 0) is 0 Å². The molecule has 2 heterocycles. The van der Waals surface area contributed by atoms with Gasteiger partial charge in [0.15, 0.2) is 9.82 Å². The predicted molar refractivity (Wildman–Crippen MR) is 54.3 cm³/mol. The fraction of sp³-hybridized carbons (Fsp3) is 0.857. The highest BCUT2D eigenvalue weighted by Crippen LogP contribution is 2.28. The highest BCUT2D eigenvalue weighted by molar-refractivity contribution is 8.23. The van der Waals surface area contributed by atoms with Crippen LogP contribution in [0.5, 0.6) is 0 Å². The van der Waals surface area contributed by atoms with Gasteiger partial charge in [0.05, 0.1) is 0 Å². The average molecular weight is 201 g/mol. The van der Waals surface area contributed by atoms with Crippen molar-refractivity contribution >= 4 is 28.3 Å². The molecule has 0 radical (unpaired) electrons. The third-order valence-electron chi connectivity index (χ3n) is 2.15. The van der Waals surface area contributed by atoms with Crippen LogP contribution < -0.4 is 0 Å². The maximum atomic E-state index is 4.94. The maximum Gasteiger partial charge on any atom is 0.185 e. The van der Waals surface area contributed by atoms with Crippen molar-refractivity contribution in [1.82, 2.24) is 4.90 Å². The van der Waals surface area contributed by atoms with Crippen LogP contribution in [0.15, 0.2) is 10.2 Å². The van der Waals surface area contributed by atoms with Crippen molar-refractivity contribution in [1.29, 1.82) is 0 Å². The van der Waals surface area contributed by atoms with E-state index < -0.39 is 0 Å². The van der Waals surface area contributed by atoms with Gasteiger partial charge in [0, 0.05) is 13.1 Å². The smallest absolute Gasteiger partial charge is 0.185 e. The van der Waals surface area contributed by atoms with E-state index >= 15 is 0 Å². The van der Waals surface area contributed by atoms with Gasteiger partial charge in [0.1, 0.15) is 0 Å². The Hall–Kier alpha value is -0.0000000000000000555. The molecule has 0 amide bonds. The summed E-state index contributed by atoms with van der Waals surface area (Å²) in [4.78, 5) is 2.36. The zero-order chi connectivity index (χ0) is 8.39. The van der Waals surface area contributed by atoms with Gasteiger partial charge >= 0.3 is 0 Å². The third kappa shape index (κ3) is 1.84. The summed E-state index contributed by atoms with van der Waals surface area (Å²) >= 11 is 6.54. The first-order chi connectivity index (χ1) is 5.86. The molecule has 0 aromatic heterocycles. The van der Waals surface area contributed by atoms with Gasteiger partial charge in [-0.25, -0.2) is 0 Å². The normalized spacial score (nSPS) is 31.3. The monoisotopic (exact) mass is 201 g/mol. The Labute approximate surface area is 81.6 Å². The number of hydrogen-bond acceptors (Lipinski definition) is 4. The summed E-state index contributed by atoms with van der Waals surface area (Å²) in [6.07, 6.45) is 3.94. The second-order valence-electron chi connectivity index (χ2n) is 3.02. The van der Waals surface area contributed by atoms with E-state index in [0.29, 0.717) is 4.32 Å². The highest BCUT2D eigenvalue weighted by Gasteiger charge is 2.25. The molecule has 2 aliphatic rings. The summed E-state index contributed by atoms with van der Waals surface area (Å²) in [5.74, 6) is 0. The summed E-state index contributed by atoms with van der Waals surface area (Å²) in [6, 6.07) is 0. The minimum absolute atomic E-state index is 0.192. The lowest BCUT2D eigenvalue weighted by Crippen LogP contribution is -2.35. The van der Waals surface area contributed by atoms with E-state index in [9.17, 15) is 0 Å². The van der Waals surface area contributed by atoms with E-state index in [1.54, 1.807) is 11.8 Å². The standard InChI is InChI=1S/C7H11N3S2/c11-7-9-8-6(12-7)10-4-2-1-3-5-10/h6H,1-5H2. The second kappa shape index (κ2) is 3.81. The first-order valence-corrected chi connectivity index (χ1v) is 5.50. The zero-order valence-electron chi connectivity index (χ0n) is 6.77. The molecule has 2 aliphatic heterocycles. The second-order valence-corrected chi connectivity index (χ2v) is 4.71. The largest absolute Gasteiger partial charge is 0.272 e. The number of thioether (sulfide) groups is 1. The molecule has 1 unspecified atom stereocenters. The summed E-state index contributed by atoms with van der Waals surface area (Å²) in [5, 5.41) is 7.98. The average Bonchev–Trinajstić information content (AvgIpc) is 2.54. The van der Waals surface area contributed by atoms with Gasteiger partial charge in [0.2, 0.25) is 0 Å². The number of rotatable bonds is 1. The predicted octanol–water partition coefficient (Wildman–Crippen LogP) is 2.24. The Morgan fingerprint density at radius 2 is 2.08 bits per heavy atom. The number of azo groups is 1. The van der Waals surface area contributed by atoms with Crippen molar-refractivity contribution in [3.8, 4) is 0 Å². The van der Waals surface area contributed by atoms with Gasteiger partial charge in [-0.05, 0) is 36.8 Å². The molecule has 5 heteroatoms. The first-order valence-electron chi connectivity index (χ1n) is 4.22. The van der Waals surface area contributed by atoms with E-state index in [1.165, 1.54) is 19.3 Å². The van der Waals surface area contributed by atoms with Crippen molar-refractivity contribution < 1.29 is 0 Å². The topological polar surface area (TPSA) is 28.0 Å². The lowest BCUT2D eigenvalue weighted by atomic mass is 10.1. The molecule has 12 heavy (non-hydrogen) atoms. The van der Waals surface area contributed by atoms with Gasteiger partial charge in [-0.2, -0.15) is 5.11 Å². The van der Waals surface area contributed by atoms with Gasteiger partial charge in [-0.3, -0.25) is 4.90 Å². The molecule has 0 aromatic carbocycles. The van der Waals surface area contributed by atoms with E-state index in [-0.39, 0.29) is 5.50 Å². The molecular formula is C7H11N3S2. The van der Waals surface area contributed by atoms with E-state index in [1.807, 2.05) is 0 Å². The molecule has 1 saturated heterocycles. The number of piperidine rings is 1. The number of hydrogen-bond donors (Lipinski definition) is 0. The number of likely N-dealkylation sites (tertiary alicyclic amines) is 1. The first kappa shape index (κ1) is 8.59. The van der Waals surface area contributed by atoms with Gasteiger partial charge < -0.3 is 0 Å². The Balaban J connectivity index is 1.91. The number of thiocarbonyl (C=S) groups is 1. The van der Waals surface area contributed by atoms with Crippen LogP contribution in [0.25, 0.3) is 0 Å². The van der Waals surface area contributed by atoms with Crippen molar-refractivity contribution in [2.75, 3.05) is 13.1 Å². The third-order valence-corrected chi connectivity index (χ3v) is 3.40. The van der Waals surface area contributed by atoms with Crippen LogP contribution in [-0.4, -0.2) is 27.8 Å². The minimum atomic E-state index is 0.192. The maximum absolute atomic E-state index is 4.94. The molecule has 0 N–H and O–H groups in total. The SMILES string of the molecule is S=C1N=NC(N2CCCCC2)S1. The molecule has 1 atom stereocenters. The summed E-state index contributed by atoms with van der Waals surface area (Å²) in [6.45, 7) is 2.30. The quantitative estimate of drug-likeness (QED) is 0.609. The van der Waals surface area contributed by atoms with Crippen molar-refractivity contribution in [2.45, 2.75) is 24.8 Å². The highest BCUT2D eigenvalue weighted by atomic mass is 32.2. The molecule has 66 valence electrons. The van der Waals surface area contributed by atoms with Crippen LogP contribution >= 0.6 is 24.0 Å². The van der Waals surface area contributed by atoms with Crippen LogP contribution in [0.4, 0.5) is 0 Å². The molecular weight excluding hydrogens is 190 g/mol. The summed E-state index contributed by atoms with van der Waals surface area (Å²) in [5.41, 5.74) is 0.192. The fourth-order valence-electron chi connectivity index (χ4n) is 1.52. The van der Waals surface area contributed by atoms with Gasteiger partial charge in [-0.15, -0.1) is 5.11 Å². The molecule has 0 aliphatic carbocycles. The minimum Gasteiger partial charge on any atom is -0.272 e. The Bertz CT molecular complexity index is 211. The Morgan fingerprint density at radius 1 is 1.33 bits per heavy atom. The van der Waals surface area contributed by atoms with Crippen LogP contribution in [0.3, 0.4) is 0 Å². The molecule has 0 spiro atoms. The van der Waals surface area contributed by atoms with Crippen LogP contribution in [0, 0.1) is 0 Å². The van der Waals surface area contributed by atoms with E-state index in [2.05, 4.69) is 15.1 Å². The van der Waals surface area contributed by atoms with Gasteiger partial charge in [-0.1, -0.05) is 6.42 Å². The Morgan fingerprint density at radius 3 is 2.67 bits per heavy atom. The summed E-state index contributed by atoms with van der Waals surface area (Å²) < 4.78 is 0.686. The zero-order valence-corrected chi connectivity index (χ0v) is 8.40.